The van der Waals surface area contributed by atoms with Crippen molar-refractivity contribution in [2.24, 2.45) is 0 Å². The summed E-state index contributed by atoms with van der Waals surface area (Å²) in [6.45, 7) is 1.54. The minimum atomic E-state index is -0.694. The van der Waals surface area contributed by atoms with Crippen molar-refractivity contribution in [2.75, 3.05) is 0 Å². The molecule has 0 unspecified atom stereocenters. The van der Waals surface area contributed by atoms with Crippen molar-refractivity contribution in [3.8, 4) is 17.2 Å². The third kappa shape index (κ3) is 4.32. The zero-order valence-electron chi connectivity index (χ0n) is 18.4. The fourth-order valence-corrected chi connectivity index (χ4v) is 3.74. The van der Waals surface area contributed by atoms with Crippen LogP contribution in [0.1, 0.15) is 15.9 Å². The molecule has 0 bridgehead atoms. The molecule has 35 heavy (non-hydrogen) atoms. The van der Waals surface area contributed by atoms with Crippen LogP contribution in [0.25, 0.3) is 21.7 Å². The van der Waals surface area contributed by atoms with Gasteiger partial charge in [-0.1, -0.05) is 30.3 Å². The number of hydrogen-bond donors (Lipinski definition) is 0. The first-order chi connectivity index (χ1) is 16.9. The minimum absolute atomic E-state index is 0.0267. The van der Waals surface area contributed by atoms with Gasteiger partial charge < -0.3 is 13.9 Å². The summed E-state index contributed by atoms with van der Waals surface area (Å²) >= 11 is 0. The molecular formula is C27H17NO7. The van der Waals surface area contributed by atoms with Crippen LogP contribution in [0.2, 0.25) is 0 Å². The maximum absolute atomic E-state index is 12.9. The molecule has 0 atom stereocenters. The molecule has 0 aliphatic heterocycles. The molecule has 0 amide bonds. The molecule has 0 saturated carbocycles. The fourth-order valence-electron chi connectivity index (χ4n) is 3.74. The first-order valence-electron chi connectivity index (χ1n) is 10.6. The fraction of sp³-hybridized carbons (Fsp3) is 0.0370. The average Bonchev–Trinajstić information content (AvgIpc) is 2.85. The van der Waals surface area contributed by atoms with Crippen LogP contribution < -0.4 is 14.9 Å². The highest BCUT2D eigenvalue weighted by Crippen LogP contribution is 2.27. The second-order valence-corrected chi connectivity index (χ2v) is 7.85. The van der Waals surface area contributed by atoms with Gasteiger partial charge in [0.2, 0.25) is 11.2 Å². The van der Waals surface area contributed by atoms with Gasteiger partial charge in [-0.15, -0.1) is 0 Å². The number of carbonyl (C=O) groups is 1. The number of nitrogens with zero attached hydrogens (tertiary/aromatic N) is 1. The lowest BCUT2D eigenvalue weighted by Crippen LogP contribution is -2.10. The number of rotatable bonds is 5. The molecule has 1 heterocycles. The Hall–Kier alpha value is -4.98. The summed E-state index contributed by atoms with van der Waals surface area (Å²) in [5, 5.41) is 13.3. The number of nitro benzene ring substituents is 1. The van der Waals surface area contributed by atoms with Gasteiger partial charge in [-0.25, -0.2) is 4.79 Å². The van der Waals surface area contributed by atoms with Crippen molar-refractivity contribution in [3.63, 3.8) is 0 Å². The third-order valence-electron chi connectivity index (χ3n) is 5.50. The molecule has 0 aliphatic carbocycles. The smallest absolute Gasteiger partial charge is 0.343 e. The molecule has 8 heteroatoms. The van der Waals surface area contributed by atoms with E-state index in [2.05, 4.69) is 0 Å². The second-order valence-electron chi connectivity index (χ2n) is 7.85. The monoisotopic (exact) mass is 467 g/mol. The van der Waals surface area contributed by atoms with Gasteiger partial charge in [0.15, 0.2) is 0 Å². The summed E-state index contributed by atoms with van der Waals surface area (Å²) in [5.41, 5.74) is 0.256. The van der Waals surface area contributed by atoms with Gasteiger partial charge in [-0.3, -0.25) is 14.9 Å². The standard InChI is InChI=1S/C27H17NO7/c1-16-12-19(7-11-23(16)28(31)32)27(30)35-21-9-10-22-24(14-21)33-15-25(26(22)29)34-20-8-6-17-4-2-3-5-18(17)13-20/h2-15H,1H3. The van der Waals surface area contributed by atoms with E-state index in [1.807, 2.05) is 36.4 Å². The number of aryl methyl sites for hydroxylation is 1. The molecule has 0 fully saturated rings. The van der Waals surface area contributed by atoms with E-state index in [4.69, 9.17) is 13.9 Å². The molecule has 5 rings (SSSR count). The van der Waals surface area contributed by atoms with Crippen molar-refractivity contribution in [2.45, 2.75) is 6.92 Å². The van der Waals surface area contributed by atoms with Crippen LogP contribution in [0.3, 0.4) is 0 Å². The van der Waals surface area contributed by atoms with Gasteiger partial charge in [0.05, 0.1) is 15.9 Å². The predicted octanol–water partition coefficient (Wildman–Crippen LogP) is 6.17. The topological polar surface area (TPSA) is 109 Å². The molecule has 4 aromatic carbocycles. The van der Waals surface area contributed by atoms with E-state index in [1.54, 1.807) is 6.07 Å². The second kappa shape index (κ2) is 8.75. The highest BCUT2D eigenvalue weighted by molar-refractivity contribution is 5.92. The Kier molecular flexibility index (Phi) is 5.46. The van der Waals surface area contributed by atoms with Crippen LogP contribution in [0.15, 0.2) is 94.3 Å². The van der Waals surface area contributed by atoms with Gasteiger partial charge >= 0.3 is 5.97 Å². The molecule has 0 N–H and O–H groups in total. The van der Waals surface area contributed by atoms with Gasteiger partial charge in [0.25, 0.3) is 5.69 Å². The maximum Gasteiger partial charge on any atom is 0.343 e. The van der Waals surface area contributed by atoms with Gasteiger partial charge in [-0.2, -0.15) is 0 Å². The van der Waals surface area contributed by atoms with Crippen LogP contribution >= 0.6 is 0 Å². The first-order valence-corrected chi connectivity index (χ1v) is 10.6. The highest BCUT2D eigenvalue weighted by atomic mass is 16.6. The third-order valence-corrected chi connectivity index (χ3v) is 5.50. The molecule has 1 aromatic heterocycles. The summed E-state index contributed by atoms with van der Waals surface area (Å²) in [6.07, 6.45) is 1.21. The number of fused-ring (bicyclic) bond motifs is 2. The molecule has 0 saturated heterocycles. The largest absolute Gasteiger partial charge is 0.460 e. The summed E-state index contributed by atoms with van der Waals surface area (Å²) in [4.78, 5) is 35.9. The van der Waals surface area contributed by atoms with Gasteiger partial charge in [0.1, 0.15) is 23.3 Å². The molecule has 0 radical (unpaired) electrons. The van der Waals surface area contributed by atoms with Crippen molar-refractivity contribution >= 4 is 33.4 Å². The molecule has 0 aliphatic rings. The Morgan fingerprint density at radius 2 is 1.69 bits per heavy atom. The van der Waals surface area contributed by atoms with E-state index in [9.17, 15) is 19.7 Å². The van der Waals surface area contributed by atoms with E-state index in [-0.39, 0.29) is 39.1 Å². The molecule has 8 nitrogen and oxygen atoms in total. The molecule has 172 valence electrons. The van der Waals surface area contributed by atoms with Gasteiger partial charge in [-0.05, 0) is 54.1 Å². The number of esters is 1. The van der Waals surface area contributed by atoms with Crippen LogP contribution in [0.4, 0.5) is 5.69 Å². The number of hydrogen-bond acceptors (Lipinski definition) is 7. The van der Waals surface area contributed by atoms with E-state index in [0.29, 0.717) is 11.3 Å². The average molecular weight is 467 g/mol. The first kappa shape index (κ1) is 21.8. The SMILES string of the molecule is Cc1cc(C(=O)Oc2ccc3c(=O)c(Oc4ccc5ccccc5c4)coc3c2)ccc1[N+](=O)[O-]. The highest BCUT2D eigenvalue weighted by Gasteiger charge is 2.16. The van der Waals surface area contributed by atoms with E-state index < -0.39 is 10.9 Å². The number of nitro groups is 1. The van der Waals surface area contributed by atoms with E-state index in [0.717, 1.165) is 10.8 Å². The molecule has 0 spiro atoms. The van der Waals surface area contributed by atoms with Crippen LogP contribution in [-0.4, -0.2) is 10.9 Å². The van der Waals surface area contributed by atoms with Gasteiger partial charge in [0, 0.05) is 17.7 Å². The van der Waals surface area contributed by atoms with E-state index in [1.165, 1.54) is 49.6 Å². The Morgan fingerprint density at radius 3 is 2.46 bits per heavy atom. The molecular weight excluding hydrogens is 450 g/mol. The Labute approximate surface area is 198 Å². The summed E-state index contributed by atoms with van der Waals surface area (Å²) in [6, 6.07) is 21.6. The lowest BCUT2D eigenvalue weighted by molar-refractivity contribution is -0.385. The summed E-state index contributed by atoms with van der Waals surface area (Å²) in [5.74, 6) is -0.0102. The quantitative estimate of drug-likeness (QED) is 0.131. The predicted molar refractivity (Wildman–Crippen MR) is 129 cm³/mol. The summed E-state index contributed by atoms with van der Waals surface area (Å²) in [7, 11) is 0. The normalized spacial score (nSPS) is 10.9. The van der Waals surface area contributed by atoms with E-state index >= 15 is 0 Å². The zero-order valence-corrected chi connectivity index (χ0v) is 18.4. The Morgan fingerprint density at radius 1 is 0.914 bits per heavy atom. The maximum atomic E-state index is 12.9. The zero-order chi connectivity index (χ0) is 24.5. The van der Waals surface area contributed by atoms with Crippen LogP contribution in [0.5, 0.6) is 17.2 Å². The summed E-state index contributed by atoms with van der Waals surface area (Å²) < 4.78 is 16.7. The lowest BCUT2D eigenvalue weighted by atomic mass is 10.1. The Bertz CT molecular complexity index is 1690. The molecule has 5 aromatic rings. The minimum Gasteiger partial charge on any atom is -0.460 e. The number of ether oxygens (including phenoxy) is 2. The van der Waals surface area contributed by atoms with Crippen LogP contribution in [0, 0.1) is 17.0 Å². The van der Waals surface area contributed by atoms with Crippen molar-refractivity contribution in [3.05, 3.63) is 117 Å². The van der Waals surface area contributed by atoms with Crippen molar-refractivity contribution in [1.29, 1.82) is 0 Å². The van der Waals surface area contributed by atoms with Crippen molar-refractivity contribution < 1.29 is 23.6 Å². The number of benzene rings is 4. The number of carbonyl (C=O) groups excluding carboxylic acids is 1. The van der Waals surface area contributed by atoms with Crippen LogP contribution in [-0.2, 0) is 0 Å². The Balaban J connectivity index is 1.38. The lowest BCUT2D eigenvalue weighted by Gasteiger charge is -2.08. The van der Waals surface area contributed by atoms with Crippen molar-refractivity contribution in [1.82, 2.24) is 0 Å².